The second-order valence-electron chi connectivity index (χ2n) is 6.79. The summed E-state index contributed by atoms with van der Waals surface area (Å²) in [6, 6.07) is 22.5. The van der Waals surface area contributed by atoms with Gasteiger partial charge in [-0.1, -0.05) is 53.6 Å². The second kappa shape index (κ2) is 8.76. The highest BCUT2D eigenvalue weighted by Gasteiger charge is 2.11. The predicted octanol–water partition coefficient (Wildman–Crippen LogP) is 5.70. The number of aromatic nitrogens is 1. The Hall–Kier alpha value is -3.70. The van der Waals surface area contributed by atoms with Crippen molar-refractivity contribution in [2.45, 2.75) is 6.92 Å². The van der Waals surface area contributed by atoms with E-state index in [0.29, 0.717) is 16.3 Å². The number of rotatable bonds is 5. The van der Waals surface area contributed by atoms with E-state index in [1.54, 1.807) is 36.7 Å². The lowest BCUT2D eigenvalue weighted by atomic mass is 10.1. The normalized spacial score (nSPS) is 11.0. The van der Waals surface area contributed by atoms with Gasteiger partial charge in [-0.2, -0.15) is 0 Å². The molecule has 1 heterocycles. The van der Waals surface area contributed by atoms with E-state index in [1.807, 2.05) is 55.5 Å². The van der Waals surface area contributed by atoms with Crippen LogP contribution in [0.25, 0.3) is 10.9 Å². The molecule has 2 N–H and O–H groups in total. The predicted molar refractivity (Wildman–Crippen MR) is 123 cm³/mol. The Balaban J connectivity index is 1.53. The number of nitrogens with one attached hydrogen (secondary N) is 2. The van der Waals surface area contributed by atoms with Crippen molar-refractivity contribution in [2.75, 3.05) is 5.43 Å². The van der Waals surface area contributed by atoms with Crippen LogP contribution in [-0.2, 0) is 0 Å². The monoisotopic (exact) mass is 414 g/mol. The second-order valence-corrected chi connectivity index (χ2v) is 7.22. The first-order valence-electron chi connectivity index (χ1n) is 9.40. The minimum Gasteiger partial charge on any atom is -0.298 e. The molecule has 5 nitrogen and oxygen atoms in total. The summed E-state index contributed by atoms with van der Waals surface area (Å²) in [6.07, 6.45) is 3.41. The number of aryl methyl sites for hydroxylation is 1. The molecule has 0 aliphatic rings. The number of fused-ring (bicyclic) bond motifs is 1. The lowest BCUT2D eigenvalue weighted by Gasteiger charge is -2.12. The Morgan fingerprint density at radius 2 is 1.83 bits per heavy atom. The topological polar surface area (TPSA) is 66.4 Å². The van der Waals surface area contributed by atoms with Crippen molar-refractivity contribution < 1.29 is 4.79 Å². The number of para-hydroxylation sites is 1. The van der Waals surface area contributed by atoms with Crippen LogP contribution < -0.4 is 10.9 Å². The molecule has 0 bridgehead atoms. The molecule has 4 aromatic rings. The summed E-state index contributed by atoms with van der Waals surface area (Å²) in [5, 5.41) is 1.46. The van der Waals surface area contributed by atoms with Gasteiger partial charge in [-0.05, 0) is 48.9 Å². The average Bonchev–Trinajstić information content (AvgIpc) is 2.77. The van der Waals surface area contributed by atoms with Crippen LogP contribution in [0.5, 0.6) is 0 Å². The third-order valence-corrected chi connectivity index (χ3v) is 4.83. The highest BCUT2D eigenvalue weighted by Crippen LogP contribution is 2.24. The standard InChI is InChI=1S/C24H19ClN4O/c1-16-6-8-17(9-7-16)15-27-21-5-3-2-4-20(21)24(30)29-28-22-12-13-26-23-14-18(25)10-11-19(22)23/h2-15H,1H3,(H,26,28)(H,29,30). The molecule has 0 aliphatic heterocycles. The molecule has 0 saturated heterocycles. The van der Waals surface area contributed by atoms with Crippen molar-refractivity contribution >= 4 is 46.0 Å². The number of nitrogens with zero attached hydrogens (tertiary/aromatic N) is 2. The Morgan fingerprint density at radius 1 is 1.03 bits per heavy atom. The Bertz CT molecular complexity index is 1240. The quantitative estimate of drug-likeness (QED) is 0.325. The van der Waals surface area contributed by atoms with Gasteiger partial charge in [0.1, 0.15) is 0 Å². The van der Waals surface area contributed by atoms with Gasteiger partial charge in [0.2, 0.25) is 0 Å². The molecule has 4 rings (SSSR count). The van der Waals surface area contributed by atoms with Crippen LogP contribution in [0.15, 0.2) is 84.0 Å². The van der Waals surface area contributed by atoms with Crippen LogP contribution in [0.2, 0.25) is 5.02 Å². The maximum Gasteiger partial charge on any atom is 0.271 e. The number of anilines is 1. The zero-order valence-corrected chi connectivity index (χ0v) is 17.0. The van der Waals surface area contributed by atoms with Gasteiger partial charge in [-0.15, -0.1) is 0 Å². The van der Waals surface area contributed by atoms with Gasteiger partial charge in [0.05, 0.1) is 22.5 Å². The van der Waals surface area contributed by atoms with Gasteiger partial charge in [0, 0.05) is 22.8 Å². The summed E-state index contributed by atoms with van der Waals surface area (Å²) < 4.78 is 0. The fourth-order valence-corrected chi connectivity index (χ4v) is 3.16. The van der Waals surface area contributed by atoms with E-state index < -0.39 is 0 Å². The Labute approximate surface area is 179 Å². The molecule has 6 heteroatoms. The number of halogens is 1. The van der Waals surface area contributed by atoms with Gasteiger partial charge < -0.3 is 0 Å². The number of hydrogen-bond donors (Lipinski definition) is 2. The van der Waals surface area contributed by atoms with Gasteiger partial charge >= 0.3 is 0 Å². The third-order valence-electron chi connectivity index (χ3n) is 4.59. The highest BCUT2D eigenvalue weighted by atomic mass is 35.5. The van der Waals surface area contributed by atoms with Crippen molar-refractivity contribution in [3.05, 3.63) is 101 Å². The molecule has 0 unspecified atom stereocenters. The van der Waals surface area contributed by atoms with E-state index in [-0.39, 0.29) is 5.91 Å². The van der Waals surface area contributed by atoms with Crippen molar-refractivity contribution in [1.29, 1.82) is 0 Å². The number of hydrazine groups is 1. The van der Waals surface area contributed by atoms with Crippen molar-refractivity contribution in [3.8, 4) is 0 Å². The summed E-state index contributed by atoms with van der Waals surface area (Å²) in [5.74, 6) is -0.286. The number of hydrogen-bond acceptors (Lipinski definition) is 4. The first-order chi connectivity index (χ1) is 14.6. The molecule has 148 valence electrons. The molecule has 30 heavy (non-hydrogen) atoms. The molecule has 0 saturated carbocycles. The maximum atomic E-state index is 12.8. The molecule has 0 aliphatic carbocycles. The van der Waals surface area contributed by atoms with Gasteiger partial charge in [0.25, 0.3) is 5.91 Å². The minimum absolute atomic E-state index is 0.286. The lowest BCUT2D eigenvalue weighted by Crippen LogP contribution is -2.29. The number of pyridine rings is 1. The molecule has 1 amide bonds. The summed E-state index contributed by atoms with van der Waals surface area (Å²) in [5.41, 5.74) is 10.4. The molecule has 0 spiro atoms. The fourth-order valence-electron chi connectivity index (χ4n) is 3.00. The molecular formula is C24H19ClN4O. The van der Waals surface area contributed by atoms with E-state index in [0.717, 1.165) is 22.2 Å². The van der Waals surface area contributed by atoms with Crippen LogP contribution in [0.3, 0.4) is 0 Å². The Morgan fingerprint density at radius 3 is 2.67 bits per heavy atom. The van der Waals surface area contributed by atoms with E-state index >= 15 is 0 Å². The number of aliphatic imine (C=N–C) groups is 1. The zero-order chi connectivity index (χ0) is 20.9. The SMILES string of the molecule is Cc1ccc(C=Nc2ccccc2C(=O)NNc2ccnc3cc(Cl)ccc23)cc1. The van der Waals surface area contributed by atoms with Gasteiger partial charge in [-0.25, -0.2) is 0 Å². The van der Waals surface area contributed by atoms with Crippen LogP contribution in [0, 0.1) is 6.92 Å². The molecule has 0 radical (unpaired) electrons. The number of carbonyl (C=O) groups excluding carboxylic acids is 1. The summed E-state index contributed by atoms with van der Waals surface area (Å²) in [4.78, 5) is 21.6. The zero-order valence-electron chi connectivity index (χ0n) is 16.3. The van der Waals surface area contributed by atoms with Crippen molar-refractivity contribution in [1.82, 2.24) is 10.4 Å². The first-order valence-corrected chi connectivity index (χ1v) is 9.78. The highest BCUT2D eigenvalue weighted by molar-refractivity contribution is 6.31. The Kier molecular flexibility index (Phi) is 5.72. The van der Waals surface area contributed by atoms with Crippen molar-refractivity contribution in [3.63, 3.8) is 0 Å². The molecule has 1 aromatic heterocycles. The van der Waals surface area contributed by atoms with Crippen molar-refractivity contribution in [2.24, 2.45) is 4.99 Å². The summed E-state index contributed by atoms with van der Waals surface area (Å²) in [6.45, 7) is 2.04. The first kappa shape index (κ1) is 19.6. The number of benzene rings is 3. The summed E-state index contributed by atoms with van der Waals surface area (Å²) >= 11 is 6.03. The van der Waals surface area contributed by atoms with Crippen LogP contribution in [0.4, 0.5) is 11.4 Å². The van der Waals surface area contributed by atoms with E-state index in [4.69, 9.17) is 11.6 Å². The number of carbonyl (C=O) groups is 1. The van der Waals surface area contributed by atoms with Gasteiger partial charge in [0.15, 0.2) is 0 Å². The molecule has 0 atom stereocenters. The number of amides is 1. The van der Waals surface area contributed by atoms with Crippen LogP contribution >= 0.6 is 11.6 Å². The lowest BCUT2D eigenvalue weighted by molar-refractivity contribution is 0.0963. The minimum atomic E-state index is -0.286. The average molecular weight is 415 g/mol. The maximum absolute atomic E-state index is 12.8. The smallest absolute Gasteiger partial charge is 0.271 e. The summed E-state index contributed by atoms with van der Waals surface area (Å²) in [7, 11) is 0. The van der Waals surface area contributed by atoms with Crippen LogP contribution in [-0.4, -0.2) is 17.1 Å². The van der Waals surface area contributed by atoms with E-state index in [9.17, 15) is 4.79 Å². The molecular weight excluding hydrogens is 396 g/mol. The van der Waals surface area contributed by atoms with E-state index in [2.05, 4.69) is 20.8 Å². The molecule has 0 fully saturated rings. The fraction of sp³-hybridized carbons (Fsp3) is 0.0417. The molecule has 3 aromatic carbocycles. The van der Waals surface area contributed by atoms with Crippen LogP contribution in [0.1, 0.15) is 21.5 Å². The van der Waals surface area contributed by atoms with E-state index in [1.165, 1.54) is 5.56 Å². The largest absolute Gasteiger partial charge is 0.298 e. The third kappa shape index (κ3) is 4.47. The van der Waals surface area contributed by atoms with Gasteiger partial charge in [-0.3, -0.25) is 25.6 Å².